The van der Waals surface area contributed by atoms with Crippen molar-refractivity contribution < 1.29 is 19.2 Å². The van der Waals surface area contributed by atoms with Gasteiger partial charge in [-0.2, -0.15) is 0 Å². The summed E-state index contributed by atoms with van der Waals surface area (Å²) in [6.07, 6.45) is 0. The van der Waals surface area contributed by atoms with E-state index < -0.39 is 16.7 Å². The number of rotatable bonds is 4. The van der Waals surface area contributed by atoms with Crippen LogP contribution in [0.1, 0.15) is 0 Å². The number of hydrogen-bond acceptors (Lipinski definition) is 6. The first-order valence-electron chi connectivity index (χ1n) is 8.72. The van der Waals surface area contributed by atoms with Crippen LogP contribution in [0.2, 0.25) is 0 Å². The van der Waals surface area contributed by atoms with E-state index in [1.54, 1.807) is 0 Å². The number of nitrogens with zero attached hydrogens (tertiary/aromatic N) is 3. The zero-order chi connectivity index (χ0) is 20.1. The number of ether oxygens (including phenoxy) is 1. The van der Waals surface area contributed by atoms with Gasteiger partial charge in [-0.25, -0.2) is 0 Å². The van der Waals surface area contributed by atoms with Crippen LogP contribution in [0.25, 0.3) is 0 Å². The van der Waals surface area contributed by atoms with E-state index in [9.17, 15) is 19.7 Å². The first-order chi connectivity index (χ1) is 13.5. The Morgan fingerprint density at radius 2 is 1.75 bits per heavy atom. The van der Waals surface area contributed by atoms with Crippen molar-refractivity contribution in [1.29, 1.82) is 0 Å². The van der Waals surface area contributed by atoms with Crippen molar-refractivity contribution in [3.63, 3.8) is 0 Å². The molecule has 0 aromatic heterocycles. The zero-order valence-corrected chi connectivity index (χ0v) is 15.3. The highest BCUT2D eigenvalue weighted by Gasteiger charge is 2.27. The van der Waals surface area contributed by atoms with Crippen molar-refractivity contribution in [1.82, 2.24) is 4.90 Å². The fourth-order valence-electron chi connectivity index (χ4n) is 3.03. The number of carbonyl (C=O) groups is 2. The van der Waals surface area contributed by atoms with Crippen LogP contribution in [0.4, 0.5) is 17.1 Å². The van der Waals surface area contributed by atoms with Crippen molar-refractivity contribution in [2.75, 3.05) is 43.5 Å². The maximum absolute atomic E-state index is 12.5. The van der Waals surface area contributed by atoms with E-state index >= 15 is 0 Å². The Morgan fingerprint density at radius 3 is 2.36 bits per heavy atom. The molecule has 9 nitrogen and oxygen atoms in total. The average molecular weight is 384 g/mol. The summed E-state index contributed by atoms with van der Waals surface area (Å²) >= 11 is 0. The Kier molecular flexibility index (Phi) is 5.73. The van der Waals surface area contributed by atoms with E-state index in [2.05, 4.69) is 10.2 Å². The van der Waals surface area contributed by atoms with Gasteiger partial charge in [-0.05, 0) is 18.2 Å². The van der Waals surface area contributed by atoms with Crippen LogP contribution in [0.15, 0.2) is 48.5 Å². The van der Waals surface area contributed by atoms with Crippen molar-refractivity contribution in [2.45, 2.75) is 0 Å². The number of amides is 2. The topological polar surface area (TPSA) is 105 Å². The minimum atomic E-state index is -0.855. The number of carbonyl (C=O) groups excluding carboxylic acids is 2. The molecule has 3 rings (SSSR count). The molecule has 0 atom stereocenters. The minimum Gasteiger partial charge on any atom is -0.495 e. The van der Waals surface area contributed by atoms with Crippen LogP contribution < -0.4 is 15.0 Å². The van der Waals surface area contributed by atoms with Crippen LogP contribution in [0.5, 0.6) is 5.75 Å². The summed E-state index contributed by atoms with van der Waals surface area (Å²) in [5.74, 6) is -1.30. The van der Waals surface area contributed by atoms with E-state index in [1.165, 1.54) is 24.1 Å². The molecule has 1 aliphatic rings. The number of hydrogen-bond donors (Lipinski definition) is 1. The SMILES string of the molecule is COc1ccc([N+](=O)[O-])cc1NC(=O)C(=O)N1CCN(c2ccccc2)CC1. The highest BCUT2D eigenvalue weighted by molar-refractivity contribution is 6.39. The van der Waals surface area contributed by atoms with Crippen LogP contribution >= 0.6 is 0 Å². The molecule has 1 N–H and O–H groups in total. The summed E-state index contributed by atoms with van der Waals surface area (Å²) in [4.78, 5) is 38.8. The second kappa shape index (κ2) is 8.38. The number of nitrogens with one attached hydrogen (secondary N) is 1. The number of para-hydroxylation sites is 1. The van der Waals surface area contributed by atoms with E-state index in [0.717, 1.165) is 11.8 Å². The number of methoxy groups -OCH3 is 1. The Balaban J connectivity index is 1.63. The molecule has 2 aromatic rings. The van der Waals surface area contributed by atoms with E-state index in [0.29, 0.717) is 26.2 Å². The maximum Gasteiger partial charge on any atom is 0.314 e. The molecule has 0 aliphatic carbocycles. The van der Waals surface area contributed by atoms with Gasteiger partial charge in [0, 0.05) is 44.0 Å². The third-order valence-corrected chi connectivity index (χ3v) is 4.52. The molecule has 0 saturated carbocycles. The molecule has 146 valence electrons. The highest BCUT2D eigenvalue weighted by atomic mass is 16.6. The van der Waals surface area contributed by atoms with Gasteiger partial charge in [0.25, 0.3) is 5.69 Å². The van der Waals surface area contributed by atoms with Gasteiger partial charge in [-0.15, -0.1) is 0 Å². The Bertz CT molecular complexity index is 879. The van der Waals surface area contributed by atoms with Gasteiger partial charge in [0.15, 0.2) is 0 Å². The molecule has 28 heavy (non-hydrogen) atoms. The third kappa shape index (κ3) is 4.20. The van der Waals surface area contributed by atoms with Gasteiger partial charge in [-0.1, -0.05) is 18.2 Å². The number of non-ortho nitro benzene ring substituents is 1. The van der Waals surface area contributed by atoms with E-state index in [1.807, 2.05) is 30.3 Å². The molecule has 0 spiro atoms. The number of nitro benzene ring substituents is 1. The van der Waals surface area contributed by atoms with Crippen molar-refractivity contribution in [3.05, 3.63) is 58.6 Å². The number of anilines is 2. The lowest BCUT2D eigenvalue weighted by molar-refractivity contribution is -0.384. The zero-order valence-electron chi connectivity index (χ0n) is 15.3. The fraction of sp³-hybridized carbons (Fsp3) is 0.263. The molecule has 0 unspecified atom stereocenters. The Morgan fingerprint density at radius 1 is 1.07 bits per heavy atom. The lowest BCUT2D eigenvalue weighted by Crippen LogP contribution is -2.51. The smallest absolute Gasteiger partial charge is 0.314 e. The minimum absolute atomic E-state index is 0.0815. The van der Waals surface area contributed by atoms with Crippen LogP contribution in [0.3, 0.4) is 0 Å². The Labute approximate surface area is 161 Å². The predicted octanol–water partition coefficient (Wildman–Crippen LogP) is 1.89. The van der Waals surface area contributed by atoms with Gasteiger partial charge < -0.3 is 19.9 Å². The van der Waals surface area contributed by atoms with Gasteiger partial charge in [0.2, 0.25) is 0 Å². The molecule has 2 aromatic carbocycles. The fourth-order valence-corrected chi connectivity index (χ4v) is 3.03. The second-order valence-electron chi connectivity index (χ2n) is 6.21. The number of nitro groups is 1. The predicted molar refractivity (Wildman–Crippen MR) is 104 cm³/mol. The molecule has 1 fully saturated rings. The molecular formula is C19H20N4O5. The average Bonchev–Trinajstić information content (AvgIpc) is 2.73. The van der Waals surface area contributed by atoms with Gasteiger partial charge in [-0.3, -0.25) is 19.7 Å². The molecule has 2 amide bonds. The summed E-state index contributed by atoms with van der Waals surface area (Å²) in [5.41, 5.74) is 0.943. The number of piperazine rings is 1. The van der Waals surface area contributed by atoms with Gasteiger partial charge >= 0.3 is 11.8 Å². The summed E-state index contributed by atoms with van der Waals surface area (Å²) < 4.78 is 5.10. The lowest BCUT2D eigenvalue weighted by atomic mass is 10.2. The molecule has 0 bridgehead atoms. The van der Waals surface area contributed by atoms with Crippen molar-refractivity contribution in [2.24, 2.45) is 0 Å². The molecule has 1 aliphatic heterocycles. The molecule has 9 heteroatoms. The summed E-state index contributed by atoms with van der Waals surface area (Å²) in [6, 6.07) is 13.6. The standard InChI is InChI=1S/C19H20N4O5/c1-28-17-8-7-15(23(26)27)13-16(17)20-18(24)19(25)22-11-9-21(10-12-22)14-5-3-2-4-6-14/h2-8,13H,9-12H2,1H3,(H,20,24). The monoisotopic (exact) mass is 384 g/mol. The normalized spacial score (nSPS) is 13.8. The quantitative estimate of drug-likeness (QED) is 0.490. The van der Waals surface area contributed by atoms with Crippen LogP contribution in [-0.4, -0.2) is 54.9 Å². The lowest BCUT2D eigenvalue weighted by Gasteiger charge is -2.35. The summed E-state index contributed by atoms with van der Waals surface area (Å²) in [7, 11) is 1.38. The first kappa shape index (κ1) is 19.2. The van der Waals surface area contributed by atoms with Gasteiger partial charge in [0.05, 0.1) is 17.7 Å². The largest absolute Gasteiger partial charge is 0.495 e. The first-order valence-corrected chi connectivity index (χ1v) is 8.72. The van der Waals surface area contributed by atoms with E-state index in [4.69, 9.17) is 4.74 Å². The van der Waals surface area contributed by atoms with Crippen molar-refractivity contribution in [3.8, 4) is 5.75 Å². The molecule has 1 heterocycles. The maximum atomic E-state index is 12.5. The second-order valence-corrected chi connectivity index (χ2v) is 6.21. The molecule has 1 saturated heterocycles. The number of benzene rings is 2. The molecular weight excluding hydrogens is 364 g/mol. The van der Waals surface area contributed by atoms with E-state index in [-0.39, 0.29) is 17.1 Å². The third-order valence-electron chi connectivity index (χ3n) is 4.52. The van der Waals surface area contributed by atoms with Crippen molar-refractivity contribution >= 4 is 28.9 Å². The van der Waals surface area contributed by atoms with Gasteiger partial charge in [0.1, 0.15) is 5.75 Å². The van der Waals surface area contributed by atoms with Crippen LogP contribution in [-0.2, 0) is 9.59 Å². The Hall–Kier alpha value is -3.62. The van der Waals surface area contributed by atoms with Crippen LogP contribution in [0, 0.1) is 10.1 Å². The summed E-state index contributed by atoms with van der Waals surface area (Å²) in [6.45, 7) is 2.05. The highest BCUT2D eigenvalue weighted by Crippen LogP contribution is 2.29. The molecule has 0 radical (unpaired) electrons. The summed E-state index contributed by atoms with van der Waals surface area (Å²) in [5, 5.41) is 13.4.